The van der Waals surface area contributed by atoms with Gasteiger partial charge in [0.2, 0.25) is 0 Å². The molecule has 0 aliphatic carbocycles. The number of fused-ring (bicyclic) bond motifs is 1. The van der Waals surface area contributed by atoms with Crippen LogP contribution in [0.15, 0.2) is 60.8 Å². The van der Waals surface area contributed by atoms with E-state index >= 15 is 0 Å². The van der Waals surface area contributed by atoms with E-state index in [-0.39, 0.29) is 0 Å². The number of aromatic nitrogens is 1. The standard InChI is InChI=1S/C24H26N2O3/c27-21-9-6-17(7-10-21)20-5-3-13-26(16-20)12-2-1-4-19-15-25-23-11-8-18(24(28)29)14-22(19)23/h3,5-11,14-15,20,25,27H,1-2,4,12-13,16H2,(H,28,29). The number of phenols is 1. The zero-order valence-electron chi connectivity index (χ0n) is 16.3. The SMILES string of the molecule is O=C(O)c1ccc2[nH]cc(CCCCN3CC=CC(c4ccc(O)cc4)C3)c2c1. The van der Waals surface area contributed by atoms with Crippen molar-refractivity contribution in [3.05, 3.63) is 77.5 Å². The van der Waals surface area contributed by atoms with E-state index in [1.54, 1.807) is 24.3 Å². The van der Waals surface area contributed by atoms with E-state index in [0.29, 0.717) is 17.2 Å². The van der Waals surface area contributed by atoms with Crippen molar-refractivity contribution >= 4 is 16.9 Å². The van der Waals surface area contributed by atoms with Gasteiger partial charge in [-0.15, -0.1) is 0 Å². The van der Waals surface area contributed by atoms with Gasteiger partial charge in [-0.25, -0.2) is 4.79 Å². The van der Waals surface area contributed by atoms with Gasteiger partial charge in [-0.3, -0.25) is 4.90 Å². The number of H-pyrrole nitrogens is 1. The molecule has 1 aromatic heterocycles. The molecular weight excluding hydrogens is 364 g/mol. The lowest BCUT2D eigenvalue weighted by Crippen LogP contribution is -2.32. The topological polar surface area (TPSA) is 76.6 Å². The molecule has 1 aliphatic heterocycles. The molecule has 4 rings (SSSR count). The Morgan fingerprint density at radius 2 is 1.97 bits per heavy atom. The highest BCUT2D eigenvalue weighted by atomic mass is 16.4. The summed E-state index contributed by atoms with van der Waals surface area (Å²) < 4.78 is 0. The average Bonchev–Trinajstić information content (AvgIpc) is 3.14. The van der Waals surface area contributed by atoms with Gasteiger partial charge in [0, 0.05) is 36.1 Å². The number of nitrogens with zero attached hydrogens (tertiary/aromatic N) is 1. The smallest absolute Gasteiger partial charge is 0.335 e. The molecule has 0 radical (unpaired) electrons. The summed E-state index contributed by atoms with van der Waals surface area (Å²) in [5.41, 5.74) is 3.74. The minimum Gasteiger partial charge on any atom is -0.508 e. The van der Waals surface area contributed by atoms with Crippen LogP contribution in [-0.4, -0.2) is 45.7 Å². The van der Waals surface area contributed by atoms with Crippen LogP contribution in [0, 0.1) is 0 Å². The Morgan fingerprint density at radius 3 is 2.76 bits per heavy atom. The third kappa shape index (κ3) is 4.51. The number of benzene rings is 2. The first-order valence-electron chi connectivity index (χ1n) is 10.1. The number of hydrogen-bond donors (Lipinski definition) is 3. The van der Waals surface area contributed by atoms with Crippen molar-refractivity contribution in [1.82, 2.24) is 9.88 Å². The third-order valence-corrected chi connectivity index (χ3v) is 5.69. The largest absolute Gasteiger partial charge is 0.508 e. The van der Waals surface area contributed by atoms with Crippen LogP contribution in [0.25, 0.3) is 10.9 Å². The Balaban J connectivity index is 1.30. The Labute approximate surface area is 170 Å². The summed E-state index contributed by atoms with van der Waals surface area (Å²) in [6, 6.07) is 12.7. The predicted octanol–water partition coefficient (Wildman–Crippen LogP) is 4.55. The first kappa shape index (κ1) is 19.3. The lowest BCUT2D eigenvalue weighted by molar-refractivity contribution is 0.0697. The van der Waals surface area contributed by atoms with E-state index < -0.39 is 5.97 Å². The molecule has 3 aromatic rings. The lowest BCUT2D eigenvalue weighted by atomic mass is 9.95. The number of aryl methyl sites for hydroxylation is 1. The minimum atomic E-state index is -0.889. The molecule has 0 amide bonds. The number of aromatic hydroxyl groups is 1. The van der Waals surface area contributed by atoms with Gasteiger partial charge in [-0.1, -0.05) is 24.3 Å². The second kappa shape index (κ2) is 8.53. The first-order valence-corrected chi connectivity index (χ1v) is 10.1. The number of carboxylic acids is 1. The van der Waals surface area contributed by atoms with E-state index in [0.717, 1.165) is 49.8 Å². The van der Waals surface area contributed by atoms with Crippen molar-refractivity contribution in [3.8, 4) is 5.75 Å². The normalized spacial score (nSPS) is 17.0. The number of rotatable bonds is 7. The molecule has 1 atom stereocenters. The van der Waals surface area contributed by atoms with Crippen LogP contribution >= 0.6 is 0 Å². The van der Waals surface area contributed by atoms with Gasteiger partial charge in [0.15, 0.2) is 0 Å². The molecule has 2 aromatic carbocycles. The van der Waals surface area contributed by atoms with E-state index in [1.807, 2.05) is 24.4 Å². The molecule has 5 nitrogen and oxygen atoms in total. The molecule has 0 saturated carbocycles. The zero-order chi connectivity index (χ0) is 20.2. The molecule has 1 aliphatic rings. The number of phenolic OH excluding ortho intramolecular Hbond substituents is 1. The average molecular weight is 390 g/mol. The number of hydrogen-bond acceptors (Lipinski definition) is 3. The highest BCUT2D eigenvalue weighted by Gasteiger charge is 2.17. The van der Waals surface area contributed by atoms with Gasteiger partial charge in [0.05, 0.1) is 5.56 Å². The van der Waals surface area contributed by atoms with E-state index in [9.17, 15) is 15.0 Å². The van der Waals surface area contributed by atoms with Crippen molar-refractivity contribution in [2.45, 2.75) is 25.2 Å². The van der Waals surface area contributed by atoms with Crippen molar-refractivity contribution in [2.24, 2.45) is 0 Å². The Kier molecular flexibility index (Phi) is 5.67. The molecule has 3 N–H and O–H groups in total. The van der Waals surface area contributed by atoms with E-state index in [1.165, 1.54) is 11.1 Å². The van der Waals surface area contributed by atoms with Crippen LogP contribution in [0.4, 0.5) is 0 Å². The third-order valence-electron chi connectivity index (χ3n) is 5.69. The van der Waals surface area contributed by atoms with Crippen LogP contribution in [-0.2, 0) is 6.42 Å². The van der Waals surface area contributed by atoms with E-state index in [2.05, 4.69) is 22.0 Å². The fraction of sp³-hybridized carbons (Fsp3) is 0.292. The quantitative estimate of drug-likeness (QED) is 0.409. The van der Waals surface area contributed by atoms with Crippen LogP contribution in [0.1, 0.15) is 40.2 Å². The van der Waals surface area contributed by atoms with Crippen LogP contribution in [0.5, 0.6) is 5.75 Å². The van der Waals surface area contributed by atoms with Gasteiger partial charge < -0.3 is 15.2 Å². The van der Waals surface area contributed by atoms with Crippen molar-refractivity contribution in [3.63, 3.8) is 0 Å². The first-order chi connectivity index (χ1) is 14.1. The second-order valence-electron chi connectivity index (χ2n) is 7.72. The summed E-state index contributed by atoms with van der Waals surface area (Å²) in [7, 11) is 0. The highest BCUT2D eigenvalue weighted by molar-refractivity contribution is 5.94. The second-order valence-corrected chi connectivity index (χ2v) is 7.72. The molecule has 2 heterocycles. The minimum absolute atomic E-state index is 0.304. The lowest BCUT2D eigenvalue weighted by Gasteiger charge is -2.29. The summed E-state index contributed by atoms with van der Waals surface area (Å²) in [6.07, 6.45) is 9.59. The fourth-order valence-electron chi connectivity index (χ4n) is 4.08. The number of aromatic carboxylic acids is 1. The summed E-state index contributed by atoms with van der Waals surface area (Å²) in [5.74, 6) is -0.217. The number of carboxylic acid groups (broad SMARTS) is 1. The Bertz CT molecular complexity index is 1020. The summed E-state index contributed by atoms with van der Waals surface area (Å²) in [6.45, 7) is 3.02. The molecule has 0 bridgehead atoms. The summed E-state index contributed by atoms with van der Waals surface area (Å²) in [4.78, 5) is 16.9. The molecule has 1 unspecified atom stereocenters. The summed E-state index contributed by atoms with van der Waals surface area (Å²) in [5, 5.41) is 19.7. The van der Waals surface area contributed by atoms with Crippen LogP contribution in [0.2, 0.25) is 0 Å². The molecule has 0 fully saturated rings. The molecule has 0 spiro atoms. The molecular formula is C24H26N2O3. The zero-order valence-corrected chi connectivity index (χ0v) is 16.3. The maximum atomic E-state index is 11.2. The molecule has 5 heteroatoms. The number of nitrogens with one attached hydrogen (secondary N) is 1. The highest BCUT2D eigenvalue weighted by Crippen LogP contribution is 2.25. The molecule has 29 heavy (non-hydrogen) atoms. The van der Waals surface area contributed by atoms with Gasteiger partial charge in [0.25, 0.3) is 0 Å². The molecule has 150 valence electrons. The van der Waals surface area contributed by atoms with Gasteiger partial charge in [-0.05, 0) is 67.3 Å². The fourth-order valence-corrected chi connectivity index (χ4v) is 4.08. The monoisotopic (exact) mass is 390 g/mol. The number of aromatic amines is 1. The number of unbranched alkanes of at least 4 members (excludes halogenated alkanes) is 1. The molecule has 0 saturated heterocycles. The summed E-state index contributed by atoms with van der Waals surface area (Å²) >= 11 is 0. The van der Waals surface area contributed by atoms with Gasteiger partial charge >= 0.3 is 5.97 Å². The number of carbonyl (C=O) groups is 1. The maximum Gasteiger partial charge on any atom is 0.335 e. The van der Waals surface area contributed by atoms with Gasteiger partial charge in [0.1, 0.15) is 5.75 Å². The van der Waals surface area contributed by atoms with E-state index in [4.69, 9.17) is 0 Å². The van der Waals surface area contributed by atoms with Crippen molar-refractivity contribution in [2.75, 3.05) is 19.6 Å². The Morgan fingerprint density at radius 1 is 1.14 bits per heavy atom. The maximum absolute atomic E-state index is 11.2. The van der Waals surface area contributed by atoms with Crippen molar-refractivity contribution in [1.29, 1.82) is 0 Å². The van der Waals surface area contributed by atoms with Crippen LogP contribution in [0.3, 0.4) is 0 Å². The Hall–Kier alpha value is -3.05. The predicted molar refractivity (Wildman–Crippen MR) is 115 cm³/mol. The van der Waals surface area contributed by atoms with Crippen LogP contribution < -0.4 is 0 Å². The van der Waals surface area contributed by atoms with Crippen molar-refractivity contribution < 1.29 is 15.0 Å². The van der Waals surface area contributed by atoms with Gasteiger partial charge in [-0.2, -0.15) is 0 Å².